The van der Waals surface area contributed by atoms with E-state index < -0.39 is 22.7 Å². The van der Waals surface area contributed by atoms with Crippen molar-refractivity contribution in [3.05, 3.63) is 53.6 Å². The Morgan fingerprint density at radius 1 is 1.26 bits per heavy atom. The Bertz CT molecular complexity index is 930. The van der Waals surface area contributed by atoms with Crippen molar-refractivity contribution in [2.24, 2.45) is 0 Å². The summed E-state index contributed by atoms with van der Waals surface area (Å²) in [6.07, 6.45) is 0. The van der Waals surface area contributed by atoms with Gasteiger partial charge in [-0.05, 0) is 43.7 Å². The van der Waals surface area contributed by atoms with Crippen molar-refractivity contribution in [2.45, 2.75) is 23.6 Å². The number of ether oxygens (including phenoxy) is 1. The van der Waals surface area contributed by atoms with Crippen molar-refractivity contribution in [1.29, 1.82) is 0 Å². The molecule has 3 rings (SSSR count). The van der Waals surface area contributed by atoms with Gasteiger partial charge in [0, 0.05) is 4.90 Å². The zero-order valence-electron chi connectivity index (χ0n) is 14.7. The lowest BCUT2D eigenvalue weighted by Gasteiger charge is -2.35. The van der Waals surface area contributed by atoms with Crippen LogP contribution in [0.1, 0.15) is 22.8 Å². The van der Waals surface area contributed by atoms with Gasteiger partial charge in [0.1, 0.15) is 0 Å². The van der Waals surface area contributed by atoms with Crippen LogP contribution in [0.15, 0.2) is 47.4 Å². The number of carboxylic acid groups (broad SMARTS) is 1. The van der Waals surface area contributed by atoms with Gasteiger partial charge >= 0.3 is 11.9 Å². The number of carbonyl (C=O) groups is 3. The number of anilines is 2. The van der Waals surface area contributed by atoms with Gasteiger partial charge in [0.25, 0.3) is 10.8 Å². The summed E-state index contributed by atoms with van der Waals surface area (Å²) in [7, 11) is 0. The van der Waals surface area contributed by atoms with Crippen molar-refractivity contribution >= 4 is 41.0 Å². The van der Waals surface area contributed by atoms with Crippen molar-refractivity contribution in [1.82, 2.24) is 0 Å². The smallest absolute Gasteiger partial charge is 0.352 e. The van der Waals surface area contributed by atoms with Crippen LogP contribution in [0.4, 0.5) is 11.4 Å². The molecule has 0 aromatic heterocycles. The number of benzene rings is 2. The molecule has 0 radical (unpaired) electrons. The Hall–Kier alpha value is -3.00. The van der Waals surface area contributed by atoms with Crippen LogP contribution in [0, 0.1) is 6.92 Å². The molecule has 1 amide bonds. The van der Waals surface area contributed by atoms with Crippen molar-refractivity contribution in [3.8, 4) is 0 Å². The van der Waals surface area contributed by atoms with Crippen LogP contribution in [0.3, 0.4) is 0 Å². The second-order valence-electron chi connectivity index (χ2n) is 5.93. The Morgan fingerprint density at radius 3 is 2.70 bits per heavy atom. The maximum absolute atomic E-state index is 12.9. The lowest BCUT2D eigenvalue weighted by Crippen LogP contribution is -2.56. The lowest BCUT2D eigenvalue weighted by atomic mass is 10.1. The van der Waals surface area contributed by atoms with E-state index in [2.05, 4.69) is 10.6 Å². The molecule has 7 nitrogen and oxygen atoms in total. The Kier molecular flexibility index (Phi) is 5.09. The van der Waals surface area contributed by atoms with E-state index in [-0.39, 0.29) is 17.9 Å². The number of aryl methyl sites for hydroxylation is 1. The highest BCUT2D eigenvalue weighted by molar-refractivity contribution is 8.02. The minimum absolute atomic E-state index is 0.0513. The molecular weight excluding hydrogens is 368 g/mol. The molecule has 1 aliphatic heterocycles. The summed E-state index contributed by atoms with van der Waals surface area (Å²) in [5.41, 5.74) is 1.64. The molecule has 0 bridgehead atoms. The summed E-state index contributed by atoms with van der Waals surface area (Å²) in [4.78, 5) is 36.1. The number of esters is 1. The number of fused-ring (bicyclic) bond motifs is 1. The van der Waals surface area contributed by atoms with E-state index in [1.807, 2.05) is 19.1 Å². The van der Waals surface area contributed by atoms with Crippen LogP contribution < -0.4 is 10.6 Å². The van der Waals surface area contributed by atoms with Crippen molar-refractivity contribution < 1.29 is 24.2 Å². The highest BCUT2D eigenvalue weighted by Crippen LogP contribution is 2.44. The highest BCUT2D eigenvalue weighted by atomic mass is 32.2. The minimum Gasteiger partial charge on any atom is -0.478 e. The molecule has 0 fully saturated rings. The van der Waals surface area contributed by atoms with E-state index in [9.17, 15) is 19.5 Å². The molecule has 3 N–H and O–H groups in total. The largest absolute Gasteiger partial charge is 0.478 e. The number of para-hydroxylation sites is 1. The average Bonchev–Trinajstić information content (AvgIpc) is 2.63. The zero-order chi connectivity index (χ0) is 19.6. The normalized spacial score (nSPS) is 18.2. The summed E-state index contributed by atoms with van der Waals surface area (Å²) in [6, 6.07) is 11.5. The van der Waals surface area contributed by atoms with E-state index in [1.54, 1.807) is 25.1 Å². The van der Waals surface area contributed by atoms with Crippen LogP contribution in [-0.4, -0.2) is 34.4 Å². The van der Waals surface area contributed by atoms with Gasteiger partial charge in [0.2, 0.25) is 0 Å². The van der Waals surface area contributed by atoms with E-state index in [0.717, 1.165) is 17.3 Å². The molecule has 1 heterocycles. The summed E-state index contributed by atoms with van der Waals surface area (Å²) >= 11 is 0.999. The number of amides is 1. The third-order valence-electron chi connectivity index (χ3n) is 4.00. The van der Waals surface area contributed by atoms with Crippen LogP contribution in [-0.2, 0) is 14.3 Å². The van der Waals surface area contributed by atoms with Gasteiger partial charge in [-0.15, -0.1) is 0 Å². The highest BCUT2D eigenvalue weighted by Gasteiger charge is 2.52. The molecule has 0 spiro atoms. The summed E-state index contributed by atoms with van der Waals surface area (Å²) in [5, 5.41) is 15.0. The number of aromatic carboxylic acids is 1. The predicted octanol–water partition coefficient (Wildman–Crippen LogP) is 3.11. The van der Waals surface area contributed by atoms with E-state index >= 15 is 0 Å². The first-order valence-corrected chi connectivity index (χ1v) is 9.08. The maximum Gasteiger partial charge on any atom is 0.352 e. The quantitative estimate of drug-likeness (QED) is 0.536. The predicted molar refractivity (Wildman–Crippen MR) is 102 cm³/mol. The third-order valence-corrected chi connectivity index (χ3v) is 5.32. The Morgan fingerprint density at radius 2 is 2.00 bits per heavy atom. The fourth-order valence-electron chi connectivity index (χ4n) is 2.71. The average molecular weight is 386 g/mol. The lowest BCUT2D eigenvalue weighted by molar-refractivity contribution is -0.147. The topological polar surface area (TPSA) is 105 Å². The minimum atomic E-state index is -1.84. The van der Waals surface area contributed by atoms with Gasteiger partial charge in [-0.2, -0.15) is 0 Å². The first-order chi connectivity index (χ1) is 12.9. The van der Waals surface area contributed by atoms with Gasteiger partial charge in [0.15, 0.2) is 0 Å². The summed E-state index contributed by atoms with van der Waals surface area (Å²) < 4.78 is 5.14. The van der Waals surface area contributed by atoms with E-state index in [1.165, 1.54) is 12.1 Å². The molecule has 1 atom stereocenters. The van der Waals surface area contributed by atoms with Crippen molar-refractivity contribution in [2.75, 3.05) is 17.2 Å². The van der Waals surface area contributed by atoms with Crippen LogP contribution in [0.5, 0.6) is 0 Å². The SMILES string of the molecule is CCOC(=O)[C@]1(Nc2ccccc2C(=O)O)Sc2cc(C)ccc2NC1=O. The second-order valence-corrected chi connectivity index (χ2v) is 7.19. The van der Waals surface area contributed by atoms with Gasteiger partial charge in [-0.1, -0.05) is 30.0 Å². The molecule has 27 heavy (non-hydrogen) atoms. The first-order valence-electron chi connectivity index (χ1n) is 8.26. The molecule has 0 aliphatic carbocycles. The number of thioether (sulfide) groups is 1. The summed E-state index contributed by atoms with van der Waals surface area (Å²) in [6.45, 7) is 3.62. The van der Waals surface area contributed by atoms with Crippen LogP contribution in [0.2, 0.25) is 0 Å². The van der Waals surface area contributed by atoms with Gasteiger partial charge in [-0.25, -0.2) is 9.59 Å². The first kappa shape index (κ1) is 18.8. The third kappa shape index (κ3) is 3.48. The number of hydrogen-bond donors (Lipinski definition) is 3. The van der Waals surface area contributed by atoms with E-state index in [4.69, 9.17) is 4.74 Å². The molecule has 8 heteroatoms. The van der Waals surface area contributed by atoms with Gasteiger partial charge < -0.3 is 20.5 Å². The summed E-state index contributed by atoms with van der Waals surface area (Å²) in [5.74, 6) is -2.59. The number of nitrogens with one attached hydrogen (secondary N) is 2. The van der Waals surface area contributed by atoms with E-state index in [0.29, 0.717) is 10.6 Å². The molecule has 140 valence electrons. The van der Waals surface area contributed by atoms with Gasteiger partial charge in [0.05, 0.1) is 23.5 Å². The second kappa shape index (κ2) is 7.32. The van der Waals surface area contributed by atoms with Gasteiger partial charge in [-0.3, -0.25) is 4.79 Å². The molecule has 2 aromatic rings. The number of carbonyl (C=O) groups excluding carboxylic acids is 2. The zero-order valence-corrected chi connectivity index (χ0v) is 15.6. The van der Waals surface area contributed by atoms with Crippen molar-refractivity contribution in [3.63, 3.8) is 0 Å². The molecule has 2 aromatic carbocycles. The number of carboxylic acids is 1. The molecule has 0 saturated carbocycles. The van der Waals surface area contributed by atoms with Crippen LogP contribution >= 0.6 is 11.8 Å². The number of rotatable bonds is 5. The molecule has 0 unspecified atom stereocenters. The Labute approximate surface area is 160 Å². The fraction of sp³-hybridized carbons (Fsp3) is 0.211. The van der Waals surface area contributed by atoms with Crippen LogP contribution in [0.25, 0.3) is 0 Å². The fourth-order valence-corrected chi connectivity index (χ4v) is 3.96. The maximum atomic E-state index is 12.9. The standard InChI is InChI=1S/C19H18N2O5S/c1-3-26-18(25)19(21-13-7-5-4-6-12(13)16(22)23)17(24)20-14-9-8-11(2)10-15(14)27-19/h4-10,21H,3H2,1-2H3,(H,20,24)(H,22,23)/t19-/m1/s1. The number of hydrogen-bond acceptors (Lipinski definition) is 6. The monoisotopic (exact) mass is 386 g/mol. The Balaban J connectivity index is 2.10. The molecule has 1 aliphatic rings. The molecule has 0 saturated heterocycles. The molecular formula is C19H18N2O5S.